The number of amides is 1. The van der Waals surface area contributed by atoms with Crippen molar-refractivity contribution in [3.8, 4) is 0 Å². The molecule has 0 aliphatic rings. The Morgan fingerprint density at radius 1 is 1.45 bits per heavy atom. The van der Waals surface area contributed by atoms with E-state index >= 15 is 0 Å². The Bertz CT molecular complexity index is 392. The van der Waals surface area contributed by atoms with Gasteiger partial charge in [-0.05, 0) is 12.1 Å². The summed E-state index contributed by atoms with van der Waals surface area (Å²) in [7, 11) is 1.47. The van der Waals surface area contributed by atoms with Gasteiger partial charge in [-0.15, -0.1) is 0 Å². The highest BCUT2D eigenvalue weighted by atomic mass is 19.4. The van der Waals surface area contributed by atoms with Gasteiger partial charge in [0.25, 0.3) is 0 Å². The number of halogens is 3. The Hall–Kier alpha value is -1.54. The topological polar surface area (TPSA) is 51.9 Å². The highest BCUT2D eigenvalue weighted by Crippen LogP contribution is 2.14. The maximum Gasteiger partial charge on any atom is 0.411 e. The molecule has 0 aromatic carbocycles. The van der Waals surface area contributed by atoms with Crippen molar-refractivity contribution in [2.75, 3.05) is 33.5 Å². The number of furan rings is 1. The summed E-state index contributed by atoms with van der Waals surface area (Å²) >= 11 is 0. The normalized spacial score (nSPS) is 11.6. The van der Waals surface area contributed by atoms with E-state index in [1.54, 1.807) is 12.1 Å². The Morgan fingerprint density at radius 2 is 2.20 bits per heavy atom. The molecule has 8 heteroatoms. The predicted molar refractivity (Wildman–Crippen MR) is 62.9 cm³/mol. The van der Waals surface area contributed by atoms with Crippen LogP contribution >= 0.6 is 0 Å². The fourth-order valence-electron chi connectivity index (χ4n) is 1.43. The quantitative estimate of drug-likeness (QED) is 0.734. The molecule has 0 aliphatic heterocycles. The van der Waals surface area contributed by atoms with Crippen LogP contribution in [0.2, 0.25) is 0 Å². The van der Waals surface area contributed by atoms with E-state index in [0.29, 0.717) is 5.76 Å². The molecule has 114 valence electrons. The predicted octanol–water partition coefficient (Wildman–Crippen LogP) is 1.83. The number of methoxy groups -OCH3 is 1. The third-order valence-electron chi connectivity index (χ3n) is 2.34. The second-order valence-corrected chi connectivity index (χ2v) is 4.00. The highest BCUT2D eigenvalue weighted by Gasteiger charge is 2.28. The summed E-state index contributed by atoms with van der Waals surface area (Å²) in [5.41, 5.74) is 0. The van der Waals surface area contributed by atoms with Crippen molar-refractivity contribution in [2.24, 2.45) is 0 Å². The number of hydrogen-bond acceptors (Lipinski definition) is 4. The van der Waals surface area contributed by atoms with Crippen LogP contribution in [0.25, 0.3) is 0 Å². The van der Waals surface area contributed by atoms with Crippen LogP contribution in [0.4, 0.5) is 13.2 Å². The number of ether oxygens (including phenoxy) is 2. The summed E-state index contributed by atoms with van der Waals surface area (Å²) in [6.45, 7) is -1.41. The van der Waals surface area contributed by atoms with Gasteiger partial charge in [0.15, 0.2) is 0 Å². The van der Waals surface area contributed by atoms with Gasteiger partial charge in [-0.2, -0.15) is 13.2 Å². The lowest BCUT2D eigenvalue weighted by atomic mass is 10.3. The first-order chi connectivity index (χ1) is 9.42. The molecule has 0 spiro atoms. The maximum absolute atomic E-state index is 11.9. The minimum atomic E-state index is -4.45. The smallest absolute Gasteiger partial charge is 0.411 e. The van der Waals surface area contributed by atoms with E-state index in [9.17, 15) is 18.0 Å². The zero-order valence-corrected chi connectivity index (χ0v) is 11.0. The molecule has 20 heavy (non-hydrogen) atoms. The highest BCUT2D eigenvalue weighted by molar-refractivity contribution is 5.77. The summed E-state index contributed by atoms with van der Waals surface area (Å²) < 4.78 is 50.1. The van der Waals surface area contributed by atoms with Crippen molar-refractivity contribution in [3.05, 3.63) is 24.2 Å². The molecule has 0 N–H and O–H groups in total. The fourth-order valence-corrected chi connectivity index (χ4v) is 1.43. The van der Waals surface area contributed by atoms with E-state index in [1.165, 1.54) is 18.3 Å². The zero-order chi connectivity index (χ0) is 15.0. The van der Waals surface area contributed by atoms with Crippen LogP contribution in [0, 0.1) is 0 Å². The van der Waals surface area contributed by atoms with Gasteiger partial charge in [-0.1, -0.05) is 0 Å². The Labute approximate surface area is 114 Å². The van der Waals surface area contributed by atoms with E-state index < -0.39 is 25.3 Å². The summed E-state index contributed by atoms with van der Waals surface area (Å²) in [5, 5.41) is 0. The number of rotatable bonds is 8. The van der Waals surface area contributed by atoms with Crippen LogP contribution in [0.1, 0.15) is 5.76 Å². The SMILES string of the molecule is COCCN(Cc1ccco1)C(=O)COCC(F)(F)F. The molecule has 0 bridgehead atoms. The van der Waals surface area contributed by atoms with Gasteiger partial charge in [0, 0.05) is 13.7 Å². The molecule has 1 aromatic heterocycles. The van der Waals surface area contributed by atoms with Gasteiger partial charge in [-0.25, -0.2) is 0 Å². The van der Waals surface area contributed by atoms with Crippen LogP contribution < -0.4 is 0 Å². The van der Waals surface area contributed by atoms with Crippen LogP contribution in [0.3, 0.4) is 0 Å². The van der Waals surface area contributed by atoms with E-state index in [2.05, 4.69) is 4.74 Å². The first kappa shape index (κ1) is 16.5. The van der Waals surface area contributed by atoms with Gasteiger partial charge < -0.3 is 18.8 Å². The lowest BCUT2D eigenvalue weighted by Crippen LogP contribution is -2.36. The molecule has 1 rings (SSSR count). The van der Waals surface area contributed by atoms with Gasteiger partial charge in [-0.3, -0.25) is 4.79 Å². The van der Waals surface area contributed by atoms with Gasteiger partial charge in [0.2, 0.25) is 5.91 Å². The van der Waals surface area contributed by atoms with Crippen LogP contribution in [0.15, 0.2) is 22.8 Å². The molecule has 0 saturated carbocycles. The fraction of sp³-hybridized carbons (Fsp3) is 0.583. The van der Waals surface area contributed by atoms with E-state index in [-0.39, 0.29) is 19.7 Å². The average Bonchev–Trinajstić information content (AvgIpc) is 2.85. The Balaban J connectivity index is 2.47. The summed E-state index contributed by atoms with van der Waals surface area (Å²) in [6, 6.07) is 3.33. The number of carbonyl (C=O) groups is 1. The largest absolute Gasteiger partial charge is 0.467 e. The standard InChI is InChI=1S/C12H16F3NO4/c1-18-6-4-16(7-10-3-2-5-20-10)11(17)8-19-9-12(13,14)15/h2-3,5H,4,6-9H2,1H3. The van der Waals surface area contributed by atoms with E-state index in [1.807, 2.05) is 0 Å². The van der Waals surface area contributed by atoms with E-state index in [0.717, 1.165) is 0 Å². The minimum absolute atomic E-state index is 0.157. The van der Waals surface area contributed by atoms with Crippen molar-refractivity contribution < 1.29 is 31.9 Å². The first-order valence-electron chi connectivity index (χ1n) is 5.86. The van der Waals surface area contributed by atoms with Crippen molar-refractivity contribution in [3.63, 3.8) is 0 Å². The molecule has 0 saturated heterocycles. The first-order valence-corrected chi connectivity index (χ1v) is 5.86. The number of carbonyl (C=O) groups excluding carboxylic acids is 1. The molecule has 1 amide bonds. The second-order valence-electron chi connectivity index (χ2n) is 4.00. The lowest BCUT2D eigenvalue weighted by Gasteiger charge is -2.21. The molecule has 1 aromatic rings. The maximum atomic E-state index is 11.9. The summed E-state index contributed by atoms with van der Waals surface area (Å²) in [6.07, 6.45) is -2.99. The molecule has 0 atom stereocenters. The monoisotopic (exact) mass is 295 g/mol. The molecular formula is C12H16F3NO4. The summed E-state index contributed by atoms with van der Waals surface area (Å²) in [4.78, 5) is 13.1. The third-order valence-corrected chi connectivity index (χ3v) is 2.34. The van der Waals surface area contributed by atoms with Gasteiger partial charge in [0.05, 0.1) is 19.4 Å². The number of hydrogen-bond donors (Lipinski definition) is 0. The van der Waals surface area contributed by atoms with Crippen LogP contribution in [-0.2, 0) is 20.8 Å². The van der Waals surface area contributed by atoms with Gasteiger partial charge >= 0.3 is 6.18 Å². The molecule has 0 unspecified atom stereocenters. The molecule has 0 fully saturated rings. The molecule has 1 heterocycles. The van der Waals surface area contributed by atoms with Crippen LogP contribution in [-0.4, -0.2) is 50.5 Å². The van der Waals surface area contributed by atoms with Crippen molar-refractivity contribution in [2.45, 2.75) is 12.7 Å². The average molecular weight is 295 g/mol. The van der Waals surface area contributed by atoms with Crippen LogP contribution in [0.5, 0.6) is 0 Å². The van der Waals surface area contributed by atoms with Crippen molar-refractivity contribution >= 4 is 5.91 Å². The Morgan fingerprint density at radius 3 is 2.75 bits per heavy atom. The zero-order valence-electron chi connectivity index (χ0n) is 11.0. The lowest BCUT2D eigenvalue weighted by molar-refractivity contribution is -0.178. The minimum Gasteiger partial charge on any atom is -0.467 e. The molecule has 5 nitrogen and oxygen atoms in total. The molecular weight excluding hydrogens is 279 g/mol. The summed E-state index contributed by atoms with van der Waals surface area (Å²) in [5.74, 6) is -0.0204. The van der Waals surface area contributed by atoms with Gasteiger partial charge in [0.1, 0.15) is 19.0 Å². The number of alkyl halides is 3. The molecule has 0 aliphatic carbocycles. The number of nitrogens with zero attached hydrogens (tertiary/aromatic N) is 1. The van der Waals surface area contributed by atoms with E-state index in [4.69, 9.17) is 9.15 Å². The molecule has 0 radical (unpaired) electrons. The van der Waals surface area contributed by atoms with Crippen molar-refractivity contribution in [1.29, 1.82) is 0 Å². The third kappa shape index (κ3) is 6.58. The Kier molecular flexibility index (Phi) is 6.53. The van der Waals surface area contributed by atoms with Crippen molar-refractivity contribution in [1.82, 2.24) is 4.90 Å². The second kappa shape index (κ2) is 7.91.